The number of carbonyl (C=O) groups is 1. The highest BCUT2D eigenvalue weighted by molar-refractivity contribution is 7.18. The highest BCUT2D eigenvalue weighted by atomic mass is 32.1. The number of rotatable bonds is 5. The number of halogens is 2. The average Bonchev–Trinajstić information content (AvgIpc) is 2.82. The van der Waals surface area contributed by atoms with Gasteiger partial charge in [0, 0.05) is 18.3 Å². The first kappa shape index (κ1) is 15.2. The molecule has 0 atom stereocenters. The second-order valence-electron chi connectivity index (χ2n) is 4.24. The van der Waals surface area contributed by atoms with Crippen LogP contribution in [0.3, 0.4) is 0 Å². The van der Waals surface area contributed by atoms with E-state index >= 15 is 0 Å². The van der Waals surface area contributed by atoms with Gasteiger partial charge in [0.15, 0.2) is 16.8 Å². The van der Waals surface area contributed by atoms with Crippen molar-refractivity contribution in [2.75, 3.05) is 22.9 Å². The fourth-order valence-corrected chi connectivity index (χ4v) is 2.37. The SMILES string of the molecule is CCCNc1nc(N)c(C(=O)Nc2ccc(F)c(F)c2)s1. The van der Waals surface area contributed by atoms with E-state index in [4.69, 9.17) is 5.73 Å². The van der Waals surface area contributed by atoms with Gasteiger partial charge in [-0.25, -0.2) is 13.8 Å². The smallest absolute Gasteiger partial charge is 0.269 e. The van der Waals surface area contributed by atoms with Crippen LogP contribution < -0.4 is 16.4 Å². The summed E-state index contributed by atoms with van der Waals surface area (Å²) in [7, 11) is 0. The molecule has 1 heterocycles. The summed E-state index contributed by atoms with van der Waals surface area (Å²) in [4.78, 5) is 16.3. The van der Waals surface area contributed by atoms with Crippen LogP contribution in [-0.2, 0) is 0 Å². The van der Waals surface area contributed by atoms with E-state index in [9.17, 15) is 13.6 Å². The standard InChI is InChI=1S/C13H14F2N4OS/c1-2-5-17-13-19-11(16)10(21-13)12(20)18-7-3-4-8(14)9(15)6-7/h3-4,6H,2,5,16H2,1H3,(H,17,19)(H,18,20). The zero-order valence-corrected chi connectivity index (χ0v) is 12.1. The Morgan fingerprint density at radius 1 is 1.38 bits per heavy atom. The lowest BCUT2D eigenvalue weighted by Crippen LogP contribution is -2.12. The molecule has 0 aliphatic heterocycles. The van der Waals surface area contributed by atoms with E-state index < -0.39 is 17.5 Å². The van der Waals surface area contributed by atoms with E-state index in [1.165, 1.54) is 6.07 Å². The zero-order valence-electron chi connectivity index (χ0n) is 11.2. The van der Waals surface area contributed by atoms with Gasteiger partial charge < -0.3 is 16.4 Å². The Morgan fingerprint density at radius 3 is 2.81 bits per heavy atom. The third-order valence-electron chi connectivity index (χ3n) is 2.56. The highest BCUT2D eigenvalue weighted by Gasteiger charge is 2.16. The lowest BCUT2D eigenvalue weighted by atomic mass is 10.3. The van der Waals surface area contributed by atoms with Gasteiger partial charge in [-0.05, 0) is 18.6 Å². The summed E-state index contributed by atoms with van der Waals surface area (Å²) >= 11 is 1.11. The van der Waals surface area contributed by atoms with Crippen LogP contribution >= 0.6 is 11.3 Å². The summed E-state index contributed by atoms with van der Waals surface area (Å²) in [6, 6.07) is 3.11. The van der Waals surface area contributed by atoms with Gasteiger partial charge in [-0.1, -0.05) is 18.3 Å². The first-order valence-corrected chi connectivity index (χ1v) is 7.09. The number of nitrogen functional groups attached to an aromatic ring is 1. The van der Waals surface area contributed by atoms with Gasteiger partial charge in [0.05, 0.1) is 0 Å². The average molecular weight is 312 g/mol. The fraction of sp³-hybridized carbons (Fsp3) is 0.231. The topological polar surface area (TPSA) is 80.0 Å². The van der Waals surface area contributed by atoms with Crippen molar-refractivity contribution in [2.24, 2.45) is 0 Å². The number of hydrogen-bond acceptors (Lipinski definition) is 5. The minimum atomic E-state index is -1.03. The van der Waals surface area contributed by atoms with Gasteiger partial charge in [-0.2, -0.15) is 0 Å². The number of thiazole rings is 1. The molecule has 8 heteroatoms. The summed E-state index contributed by atoms with van der Waals surface area (Å²) < 4.78 is 25.9. The van der Waals surface area contributed by atoms with E-state index in [1.807, 2.05) is 6.92 Å². The number of anilines is 3. The van der Waals surface area contributed by atoms with Gasteiger partial charge in [0.1, 0.15) is 10.7 Å². The number of nitrogens with two attached hydrogens (primary N) is 1. The maximum Gasteiger partial charge on any atom is 0.269 e. The number of nitrogens with one attached hydrogen (secondary N) is 2. The van der Waals surface area contributed by atoms with E-state index in [-0.39, 0.29) is 16.4 Å². The van der Waals surface area contributed by atoms with Gasteiger partial charge in [-0.3, -0.25) is 4.79 Å². The third kappa shape index (κ3) is 3.66. The molecule has 0 aliphatic carbocycles. The van der Waals surface area contributed by atoms with Crippen molar-refractivity contribution in [3.8, 4) is 0 Å². The van der Waals surface area contributed by atoms with E-state index in [0.29, 0.717) is 5.13 Å². The molecular formula is C13H14F2N4OS. The van der Waals surface area contributed by atoms with E-state index in [1.54, 1.807) is 0 Å². The summed E-state index contributed by atoms with van der Waals surface area (Å²) in [5.74, 6) is -2.43. The molecule has 0 spiro atoms. The summed E-state index contributed by atoms with van der Waals surface area (Å²) in [6.07, 6.45) is 0.913. The first-order chi connectivity index (χ1) is 10.0. The molecule has 0 saturated carbocycles. The largest absolute Gasteiger partial charge is 0.382 e. The first-order valence-electron chi connectivity index (χ1n) is 6.27. The number of carbonyl (C=O) groups excluding carboxylic acids is 1. The van der Waals surface area contributed by atoms with Crippen LogP contribution in [0.2, 0.25) is 0 Å². The van der Waals surface area contributed by atoms with Gasteiger partial charge in [-0.15, -0.1) is 0 Å². The molecule has 21 heavy (non-hydrogen) atoms. The van der Waals surface area contributed by atoms with Gasteiger partial charge >= 0.3 is 0 Å². The molecule has 1 aromatic heterocycles. The molecule has 0 bridgehead atoms. The van der Waals surface area contributed by atoms with Gasteiger partial charge in [0.2, 0.25) is 0 Å². The van der Waals surface area contributed by atoms with E-state index in [2.05, 4.69) is 15.6 Å². The molecule has 0 unspecified atom stereocenters. The Kier molecular flexibility index (Phi) is 4.69. The van der Waals surface area contributed by atoms with Crippen molar-refractivity contribution in [3.05, 3.63) is 34.7 Å². The predicted molar refractivity (Wildman–Crippen MR) is 79.6 cm³/mol. The molecule has 2 rings (SSSR count). The van der Waals surface area contributed by atoms with Crippen LogP contribution in [0.5, 0.6) is 0 Å². The molecule has 0 saturated heterocycles. The van der Waals surface area contributed by atoms with Crippen LogP contribution in [0.1, 0.15) is 23.0 Å². The van der Waals surface area contributed by atoms with Gasteiger partial charge in [0.25, 0.3) is 5.91 Å². The number of amides is 1. The molecule has 1 aromatic carbocycles. The highest BCUT2D eigenvalue weighted by Crippen LogP contribution is 2.26. The molecule has 5 nitrogen and oxygen atoms in total. The lowest BCUT2D eigenvalue weighted by Gasteiger charge is -2.04. The predicted octanol–water partition coefficient (Wildman–Crippen LogP) is 3.08. The van der Waals surface area contributed by atoms with Crippen molar-refractivity contribution in [1.29, 1.82) is 0 Å². The van der Waals surface area contributed by atoms with Crippen LogP contribution in [0, 0.1) is 11.6 Å². The molecule has 4 N–H and O–H groups in total. The molecule has 112 valence electrons. The van der Waals surface area contributed by atoms with Crippen LogP contribution in [0.15, 0.2) is 18.2 Å². The fourth-order valence-electron chi connectivity index (χ4n) is 1.56. The number of nitrogens with zero attached hydrogens (tertiary/aromatic N) is 1. The van der Waals surface area contributed by atoms with Crippen LogP contribution in [-0.4, -0.2) is 17.4 Å². The normalized spacial score (nSPS) is 10.4. The molecule has 0 aliphatic rings. The second kappa shape index (κ2) is 6.49. The minimum Gasteiger partial charge on any atom is -0.382 e. The lowest BCUT2D eigenvalue weighted by molar-refractivity contribution is 0.103. The van der Waals surface area contributed by atoms with E-state index in [0.717, 1.165) is 36.4 Å². The zero-order chi connectivity index (χ0) is 15.4. The molecule has 0 radical (unpaired) electrons. The minimum absolute atomic E-state index is 0.0960. The summed E-state index contributed by atoms with van der Waals surface area (Å²) in [6.45, 7) is 2.72. The number of hydrogen-bond donors (Lipinski definition) is 3. The Bertz CT molecular complexity index is 660. The van der Waals surface area contributed by atoms with Crippen LogP contribution in [0.25, 0.3) is 0 Å². The molecular weight excluding hydrogens is 298 g/mol. The molecule has 0 fully saturated rings. The quantitative estimate of drug-likeness (QED) is 0.792. The Hall–Kier alpha value is -2.22. The third-order valence-corrected chi connectivity index (χ3v) is 3.59. The maximum atomic E-state index is 13.1. The maximum absolute atomic E-state index is 13.1. The van der Waals surface area contributed by atoms with Crippen LogP contribution in [0.4, 0.5) is 25.4 Å². The Morgan fingerprint density at radius 2 is 2.14 bits per heavy atom. The summed E-state index contributed by atoms with van der Waals surface area (Å²) in [5.41, 5.74) is 5.83. The van der Waals surface area contributed by atoms with Crippen molar-refractivity contribution in [2.45, 2.75) is 13.3 Å². The number of aromatic nitrogens is 1. The summed E-state index contributed by atoms with van der Waals surface area (Å²) in [5, 5.41) is 6.03. The molecule has 1 amide bonds. The van der Waals surface area contributed by atoms with Crippen molar-refractivity contribution in [1.82, 2.24) is 4.98 Å². The monoisotopic (exact) mass is 312 g/mol. The molecule has 2 aromatic rings. The van der Waals surface area contributed by atoms with Crippen molar-refractivity contribution < 1.29 is 13.6 Å². The number of benzene rings is 1. The Balaban J connectivity index is 2.12. The Labute approximate surface area is 124 Å². The van der Waals surface area contributed by atoms with Crippen molar-refractivity contribution in [3.63, 3.8) is 0 Å². The second-order valence-corrected chi connectivity index (χ2v) is 5.24. The van der Waals surface area contributed by atoms with Crippen molar-refractivity contribution >= 4 is 33.9 Å².